The predicted octanol–water partition coefficient (Wildman–Crippen LogP) is 1.71. The molecule has 0 aromatic carbocycles. The number of nitrogens with two attached hydrogens (primary N) is 1. The second-order valence-electron chi connectivity index (χ2n) is 6.68. The second kappa shape index (κ2) is 8.07. The van der Waals surface area contributed by atoms with Crippen LogP contribution in [0.25, 0.3) is 0 Å². The van der Waals surface area contributed by atoms with E-state index < -0.39 is 23.4 Å². The molecule has 0 aliphatic heterocycles. The number of amides is 2. The Morgan fingerprint density at radius 1 is 1.00 bits per heavy atom. The fourth-order valence-electron chi connectivity index (χ4n) is 1.38. The lowest BCUT2D eigenvalue weighted by Gasteiger charge is -2.27. The Morgan fingerprint density at radius 2 is 1.52 bits per heavy atom. The summed E-state index contributed by atoms with van der Waals surface area (Å²) in [5.74, 6) is 0. The standard InChI is InChI=1S/C14H29N3O4/c1-13(2,3)20-11(18)16-8-10-17(9-7-15)12(19)21-14(4,5)6/h7-10,15H2,1-6H3,(H,16,18). The summed E-state index contributed by atoms with van der Waals surface area (Å²) in [5, 5.41) is 2.59. The van der Waals surface area contributed by atoms with Crippen molar-refractivity contribution in [2.75, 3.05) is 26.2 Å². The van der Waals surface area contributed by atoms with Crippen LogP contribution in [0.1, 0.15) is 41.5 Å². The molecule has 0 aliphatic carbocycles. The summed E-state index contributed by atoms with van der Waals surface area (Å²) in [6.07, 6.45) is -0.960. The number of carbonyl (C=O) groups is 2. The average molecular weight is 303 g/mol. The van der Waals surface area contributed by atoms with Crippen molar-refractivity contribution in [2.24, 2.45) is 5.73 Å². The zero-order valence-electron chi connectivity index (χ0n) is 14.0. The van der Waals surface area contributed by atoms with Crippen LogP contribution in [0.15, 0.2) is 0 Å². The fraction of sp³-hybridized carbons (Fsp3) is 0.857. The van der Waals surface area contributed by atoms with Gasteiger partial charge in [0.25, 0.3) is 0 Å². The molecule has 0 spiro atoms. The Labute approximate surface area is 127 Å². The first kappa shape index (κ1) is 19.5. The van der Waals surface area contributed by atoms with Gasteiger partial charge in [-0.2, -0.15) is 0 Å². The van der Waals surface area contributed by atoms with Gasteiger partial charge >= 0.3 is 12.2 Å². The highest BCUT2D eigenvalue weighted by Crippen LogP contribution is 2.09. The van der Waals surface area contributed by atoms with Crippen molar-refractivity contribution >= 4 is 12.2 Å². The Morgan fingerprint density at radius 3 is 1.95 bits per heavy atom. The summed E-state index contributed by atoms with van der Waals surface area (Å²) in [4.78, 5) is 24.9. The van der Waals surface area contributed by atoms with Gasteiger partial charge in [0.2, 0.25) is 0 Å². The van der Waals surface area contributed by atoms with E-state index in [2.05, 4.69) is 5.32 Å². The van der Waals surface area contributed by atoms with Gasteiger partial charge < -0.3 is 25.4 Å². The van der Waals surface area contributed by atoms with Crippen molar-refractivity contribution in [1.29, 1.82) is 0 Å². The van der Waals surface area contributed by atoms with Gasteiger partial charge in [0.1, 0.15) is 11.2 Å². The number of alkyl carbamates (subject to hydrolysis) is 1. The van der Waals surface area contributed by atoms with Gasteiger partial charge in [0.05, 0.1) is 0 Å². The summed E-state index contributed by atoms with van der Waals surface area (Å²) in [7, 11) is 0. The maximum atomic E-state index is 12.0. The molecule has 0 aliphatic rings. The predicted molar refractivity (Wildman–Crippen MR) is 81.1 cm³/mol. The summed E-state index contributed by atoms with van der Waals surface area (Å²) >= 11 is 0. The highest BCUT2D eigenvalue weighted by Gasteiger charge is 2.22. The van der Waals surface area contributed by atoms with Gasteiger partial charge in [-0.05, 0) is 41.5 Å². The van der Waals surface area contributed by atoms with Crippen molar-refractivity contribution < 1.29 is 19.1 Å². The monoisotopic (exact) mass is 303 g/mol. The molecule has 7 nitrogen and oxygen atoms in total. The van der Waals surface area contributed by atoms with Gasteiger partial charge in [-0.25, -0.2) is 9.59 Å². The zero-order chi connectivity index (χ0) is 16.7. The van der Waals surface area contributed by atoms with E-state index in [1.54, 1.807) is 41.5 Å². The van der Waals surface area contributed by atoms with Crippen LogP contribution >= 0.6 is 0 Å². The molecule has 0 heterocycles. The maximum Gasteiger partial charge on any atom is 0.410 e. The highest BCUT2D eigenvalue weighted by atomic mass is 16.6. The molecule has 0 aromatic heterocycles. The molecule has 0 rings (SSSR count). The largest absolute Gasteiger partial charge is 0.444 e. The zero-order valence-corrected chi connectivity index (χ0v) is 14.0. The maximum absolute atomic E-state index is 12.0. The molecule has 0 saturated carbocycles. The highest BCUT2D eigenvalue weighted by molar-refractivity contribution is 5.69. The lowest BCUT2D eigenvalue weighted by Crippen LogP contribution is -2.44. The molecular formula is C14H29N3O4. The van der Waals surface area contributed by atoms with Crippen molar-refractivity contribution in [2.45, 2.75) is 52.7 Å². The van der Waals surface area contributed by atoms with E-state index in [-0.39, 0.29) is 6.54 Å². The Bertz CT molecular complexity index is 345. The summed E-state index contributed by atoms with van der Waals surface area (Å²) < 4.78 is 10.4. The first-order valence-electron chi connectivity index (χ1n) is 7.09. The van der Waals surface area contributed by atoms with Crippen LogP contribution in [0.5, 0.6) is 0 Å². The van der Waals surface area contributed by atoms with E-state index in [1.807, 2.05) is 0 Å². The Balaban J connectivity index is 4.28. The van der Waals surface area contributed by atoms with Gasteiger partial charge in [-0.1, -0.05) is 0 Å². The minimum Gasteiger partial charge on any atom is -0.444 e. The third kappa shape index (κ3) is 10.9. The van der Waals surface area contributed by atoms with Crippen LogP contribution in [0, 0.1) is 0 Å². The summed E-state index contributed by atoms with van der Waals surface area (Å²) in [5.41, 5.74) is 4.37. The number of ether oxygens (including phenoxy) is 2. The number of nitrogens with zero attached hydrogens (tertiary/aromatic N) is 1. The number of rotatable bonds is 5. The topological polar surface area (TPSA) is 93.9 Å². The third-order valence-corrected chi connectivity index (χ3v) is 2.10. The molecule has 0 unspecified atom stereocenters. The smallest absolute Gasteiger partial charge is 0.410 e. The molecule has 21 heavy (non-hydrogen) atoms. The SMILES string of the molecule is CC(C)(C)OC(=O)NCCN(CCN)C(=O)OC(C)(C)C. The van der Waals surface area contributed by atoms with Crippen LogP contribution < -0.4 is 11.1 Å². The molecular weight excluding hydrogens is 274 g/mol. The molecule has 0 radical (unpaired) electrons. The lowest BCUT2D eigenvalue weighted by molar-refractivity contribution is 0.0246. The molecule has 0 saturated heterocycles. The summed E-state index contributed by atoms with van der Waals surface area (Å²) in [6.45, 7) is 12.0. The number of nitrogens with one attached hydrogen (secondary N) is 1. The number of hydrogen-bond donors (Lipinski definition) is 2. The van der Waals surface area contributed by atoms with Gasteiger partial charge in [0.15, 0.2) is 0 Å². The minimum absolute atomic E-state index is 0.272. The van der Waals surface area contributed by atoms with E-state index in [1.165, 1.54) is 4.90 Å². The van der Waals surface area contributed by atoms with Crippen LogP contribution in [0.4, 0.5) is 9.59 Å². The van der Waals surface area contributed by atoms with Crippen LogP contribution in [0.3, 0.4) is 0 Å². The van der Waals surface area contributed by atoms with E-state index >= 15 is 0 Å². The Hall–Kier alpha value is -1.50. The number of hydrogen-bond acceptors (Lipinski definition) is 5. The third-order valence-electron chi connectivity index (χ3n) is 2.10. The molecule has 0 bridgehead atoms. The molecule has 0 atom stereocenters. The number of carbonyl (C=O) groups excluding carboxylic acids is 2. The molecule has 2 amide bonds. The van der Waals surface area contributed by atoms with E-state index in [4.69, 9.17) is 15.2 Å². The van der Waals surface area contributed by atoms with E-state index in [0.29, 0.717) is 19.6 Å². The second-order valence-corrected chi connectivity index (χ2v) is 6.68. The minimum atomic E-state index is -0.567. The average Bonchev–Trinajstić information content (AvgIpc) is 2.22. The van der Waals surface area contributed by atoms with Crippen molar-refractivity contribution in [1.82, 2.24) is 10.2 Å². The van der Waals surface area contributed by atoms with Crippen molar-refractivity contribution in [3.63, 3.8) is 0 Å². The summed E-state index contributed by atoms with van der Waals surface area (Å²) in [6, 6.07) is 0. The van der Waals surface area contributed by atoms with Gasteiger partial charge in [0, 0.05) is 26.2 Å². The Kier molecular flexibility index (Phi) is 7.49. The molecule has 3 N–H and O–H groups in total. The first-order chi connectivity index (χ1) is 9.44. The van der Waals surface area contributed by atoms with Crippen LogP contribution in [-0.2, 0) is 9.47 Å². The van der Waals surface area contributed by atoms with Gasteiger partial charge in [-0.3, -0.25) is 0 Å². The van der Waals surface area contributed by atoms with Gasteiger partial charge in [-0.15, -0.1) is 0 Å². The fourth-order valence-corrected chi connectivity index (χ4v) is 1.38. The molecule has 0 aromatic rings. The first-order valence-corrected chi connectivity index (χ1v) is 7.09. The van der Waals surface area contributed by atoms with Crippen molar-refractivity contribution in [3.8, 4) is 0 Å². The molecule has 0 fully saturated rings. The lowest BCUT2D eigenvalue weighted by atomic mass is 10.2. The quantitative estimate of drug-likeness (QED) is 0.806. The van der Waals surface area contributed by atoms with Crippen molar-refractivity contribution in [3.05, 3.63) is 0 Å². The molecule has 7 heteroatoms. The van der Waals surface area contributed by atoms with E-state index in [0.717, 1.165) is 0 Å². The molecule has 124 valence electrons. The van der Waals surface area contributed by atoms with E-state index in [9.17, 15) is 9.59 Å². The normalized spacial score (nSPS) is 11.8. The van der Waals surface area contributed by atoms with Crippen LogP contribution in [-0.4, -0.2) is 54.5 Å². The van der Waals surface area contributed by atoms with Crippen LogP contribution in [0.2, 0.25) is 0 Å².